The van der Waals surface area contributed by atoms with Crippen molar-refractivity contribution >= 4 is 45.9 Å². The van der Waals surface area contributed by atoms with Crippen molar-refractivity contribution in [1.29, 1.82) is 0 Å². The monoisotopic (exact) mass is 557 g/mol. The zero-order valence-electron chi connectivity index (χ0n) is 21.7. The largest absolute Gasteiger partial charge is 0.495 e. The number of rotatable bonds is 8. The number of methoxy groups -OCH3 is 1. The topological polar surface area (TPSA) is 92.4 Å². The van der Waals surface area contributed by atoms with Crippen molar-refractivity contribution in [3.05, 3.63) is 102 Å². The Labute approximate surface area is 238 Å². The van der Waals surface area contributed by atoms with Crippen LogP contribution in [0.4, 0.5) is 17.6 Å². The fourth-order valence-corrected chi connectivity index (χ4v) is 5.80. The van der Waals surface area contributed by atoms with Crippen LogP contribution in [0.3, 0.4) is 0 Å². The van der Waals surface area contributed by atoms with Crippen molar-refractivity contribution in [2.24, 2.45) is 0 Å². The van der Waals surface area contributed by atoms with Crippen molar-refractivity contribution < 1.29 is 4.74 Å². The number of benzene rings is 3. The Bertz CT molecular complexity index is 1340. The van der Waals surface area contributed by atoms with Gasteiger partial charge in [-0.15, -0.1) is 0 Å². The summed E-state index contributed by atoms with van der Waals surface area (Å²) in [5.41, 5.74) is 9.34. The number of para-hydroxylation sites is 2. The van der Waals surface area contributed by atoms with E-state index in [1.165, 1.54) is 11.1 Å². The first-order valence-electron chi connectivity index (χ1n) is 12.8. The molecule has 2 heterocycles. The molecule has 0 spiro atoms. The summed E-state index contributed by atoms with van der Waals surface area (Å²) in [6.07, 6.45) is 0. The molecule has 8 nitrogen and oxygen atoms in total. The highest BCUT2D eigenvalue weighted by molar-refractivity contribution is 8.22. The van der Waals surface area contributed by atoms with Crippen LogP contribution in [0.2, 0.25) is 0 Å². The van der Waals surface area contributed by atoms with Crippen LogP contribution in [0.15, 0.2) is 84.9 Å². The first kappa shape index (κ1) is 26.9. The molecule has 5 rings (SSSR count). The van der Waals surface area contributed by atoms with Gasteiger partial charge in [0.1, 0.15) is 15.9 Å². The van der Waals surface area contributed by atoms with Gasteiger partial charge in [-0.1, -0.05) is 96.8 Å². The zero-order valence-corrected chi connectivity index (χ0v) is 23.4. The van der Waals surface area contributed by atoms with Crippen LogP contribution in [0.5, 0.6) is 5.75 Å². The van der Waals surface area contributed by atoms with E-state index in [0.29, 0.717) is 23.3 Å². The number of nitrogens with two attached hydrogens (primary N) is 1. The van der Waals surface area contributed by atoms with Crippen LogP contribution in [-0.2, 0) is 5.75 Å². The number of thioether (sulfide) groups is 1. The van der Waals surface area contributed by atoms with E-state index in [4.69, 9.17) is 22.7 Å². The van der Waals surface area contributed by atoms with Crippen molar-refractivity contribution in [1.82, 2.24) is 24.8 Å². The van der Waals surface area contributed by atoms with Crippen LogP contribution in [0.25, 0.3) is 0 Å². The van der Waals surface area contributed by atoms with Gasteiger partial charge < -0.3 is 20.7 Å². The van der Waals surface area contributed by atoms with Crippen LogP contribution in [0, 0.1) is 0 Å². The summed E-state index contributed by atoms with van der Waals surface area (Å²) in [5, 5.41) is 3.17. The molecule has 0 aliphatic carbocycles. The fraction of sp³-hybridized carbons (Fsp3) is 0.241. The van der Waals surface area contributed by atoms with Crippen molar-refractivity contribution in [2.75, 3.05) is 44.3 Å². The van der Waals surface area contributed by atoms with Gasteiger partial charge in [0.15, 0.2) is 0 Å². The average molecular weight is 558 g/mol. The maximum Gasteiger partial charge on any atom is 0.232 e. The molecule has 4 aromatic rings. The fourth-order valence-electron chi connectivity index (χ4n) is 4.69. The maximum absolute atomic E-state index is 5.98. The third kappa shape index (κ3) is 6.83. The molecule has 39 heavy (non-hydrogen) atoms. The number of hydrogen-bond acceptors (Lipinski definition) is 9. The summed E-state index contributed by atoms with van der Waals surface area (Å²) in [6.45, 7) is 3.56. The Balaban J connectivity index is 1.19. The third-order valence-corrected chi connectivity index (χ3v) is 8.06. The lowest BCUT2D eigenvalue weighted by molar-refractivity contribution is 0.153. The molecule has 1 aromatic heterocycles. The molecule has 0 saturated carbocycles. The Kier molecular flexibility index (Phi) is 8.87. The van der Waals surface area contributed by atoms with Crippen LogP contribution in [0.1, 0.15) is 23.0 Å². The highest BCUT2D eigenvalue weighted by Crippen LogP contribution is 2.30. The average Bonchev–Trinajstić information content (AvgIpc) is 2.97. The van der Waals surface area contributed by atoms with E-state index in [2.05, 4.69) is 90.7 Å². The number of hydrogen-bond donors (Lipinski definition) is 2. The molecule has 10 heteroatoms. The van der Waals surface area contributed by atoms with Gasteiger partial charge in [-0.25, -0.2) is 0 Å². The Hall–Kier alpha value is -3.73. The van der Waals surface area contributed by atoms with Crippen molar-refractivity contribution in [2.45, 2.75) is 11.8 Å². The molecule has 1 saturated heterocycles. The van der Waals surface area contributed by atoms with E-state index in [1.807, 2.05) is 24.3 Å². The molecular formula is C29H31N7OS2. The van der Waals surface area contributed by atoms with E-state index >= 15 is 0 Å². The molecule has 0 bridgehead atoms. The number of aromatic nitrogens is 3. The normalized spacial score (nSPS) is 13.8. The number of piperazine rings is 1. The minimum absolute atomic E-state index is 0.158. The number of anilines is 3. The van der Waals surface area contributed by atoms with Gasteiger partial charge in [0.2, 0.25) is 11.9 Å². The molecular weight excluding hydrogens is 527 g/mol. The van der Waals surface area contributed by atoms with E-state index in [9.17, 15) is 0 Å². The van der Waals surface area contributed by atoms with E-state index in [1.54, 1.807) is 18.9 Å². The highest BCUT2D eigenvalue weighted by atomic mass is 32.2. The number of nitrogens with one attached hydrogen (secondary N) is 1. The van der Waals surface area contributed by atoms with Gasteiger partial charge in [0.05, 0.1) is 24.6 Å². The second-order valence-corrected chi connectivity index (χ2v) is 10.7. The lowest BCUT2D eigenvalue weighted by Crippen LogP contribution is -2.48. The van der Waals surface area contributed by atoms with Crippen molar-refractivity contribution in [3.63, 3.8) is 0 Å². The zero-order chi connectivity index (χ0) is 27.0. The molecule has 1 fully saturated rings. The summed E-state index contributed by atoms with van der Waals surface area (Å²) < 4.78 is 6.24. The van der Waals surface area contributed by atoms with Crippen LogP contribution in [-0.4, -0.2) is 62.4 Å². The Morgan fingerprint density at radius 3 is 2.15 bits per heavy atom. The van der Waals surface area contributed by atoms with E-state index in [0.717, 1.165) is 36.2 Å². The predicted octanol–water partition coefficient (Wildman–Crippen LogP) is 5.13. The second-order valence-electron chi connectivity index (χ2n) is 9.06. The molecule has 0 radical (unpaired) electrons. The number of ether oxygens (including phenoxy) is 1. The summed E-state index contributed by atoms with van der Waals surface area (Å²) in [6, 6.07) is 29.2. The Morgan fingerprint density at radius 2 is 1.51 bits per heavy atom. The number of nitrogen functional groups attached to an aromatic ring is 1. The highest BCUT2D eigenvalue weighted by Gasteiger charge is 2.27. The van der Waals surface area contributed by atoms with Crippen molar-refractivity contribution in [3.8, 4) is 5.75 Å². The first-order chi connectivity index (χ1) is 19.1. The quantitative estimate of drug-likeness (QED) is 0.284. The first-order valence-corrected chi connectivity index (χ1v) is 14.2. The maximum atomic E-state index is 5.98. The smallest absolute Gasteiger partial charge is 0.232 e. The van der Waals surface area contributed by atoms with Gasteiger partial charge in [0.25, 0.3) is 0 Å². The molecule has 200 valence electrons. The molecule has 1 aliphatic rings. The predicted molar refractivity (Wildman–Crippen MR) is 162 cm³/mol. The van der Waals surface area contributed by atoms with E-state index < -0.39 is 0 Å². The van der Waals surface area contributed by atoms with Gasteiger partial charge in [-0.05, 0) is 23.3 Å². The lowest BCUT2D eigenvalue weighted by Gasteiger charge is -2.40. The van der Waals surface area contributed by atoms with Gasteiger partial charge >= 0.3 is 0 Å². The summed E-state index contributed by atoms with van der Waals surface area (Å²) in [7, 11) is 1.62. The molecule has 1 aliphatic heterocycles. The van der Waals surface area contributed by atoms with Gasteiger partial charge in [0, 0.05) is 26.2 Å². The molecule has 0 amide bonds. The number of nitrogens with zero attached hydrogens (tertiary/aromatic N) is 5. The van der Waals surface area contributed by atoms with Gasteiger partial charge in [-0.3, -0.25) is 4.90 Å². The second kappa shape index (κ2) is 12.9. The SMILES string of the molecule is COc1ccccc1Nc1nc(N)nc(CSC(=S)N2CCN(C(c3ccccc3)c3ccccc3)CC2)n1. The molecule has 0 unspecified atom stereocenters. The standard InChI is InChI=1S/C29H31N7OS2/c1-37-24-15-9-8-14-23(24)31-28-33-25(32-27(30)34-28)20-39-29(38)36-18-16-35(17-19-36)26(21-10-4-2-5-11-21)22-12-6-3-7-13-22/h2-15,26H,16-20H2,1H3,(H3,30,31,32,33,34). The summed E-state index contributed by atoms with van der Waals surface area (Å²) >= 11 is 7.35. The summed E-state index contributed by atoms with van der Waals surface area (Å²) in [5.74, 6) is 2.29. The number of thiocarbonyl (C=S) groups is 1. The third-order valence-electron chi connectivity index (χ3n) is 6.55. The van der Waals surface area contributed by atoms with E-state index in [-0.39, 0.29) is 12.0 Å². The molecule has 3 aromatic carbocycles. The van der Waals surface area contributed by atoms with Crippen LogP contribution < -0.4 is 15.8 Å². The Morgan fingerprint density at radius 1 is 0.897 bits per heavy atom. The van der Waals surface area contributed by atoms with Crippen LogP contribution >= 0.6 is 24.0 Å². The minimum atomic E-state index is 0.158. The van der Waals surface area contributed by atoms with Gasteiger partial charge in [-0.2, -0.15) is 15.0 Å². The molecule has 0 atom stereocenters. The summed E-state index contributed by atoms with van der Waals surface area (Å²) in [4.78, 5) is 17.9. The molecule has 3 N–H and O–H groups in total. The minimum Gasteiger partial charge on any atom is -0.495 e. The lowest BCUT2D eigenvalue weighted by atomic mass is 9.96.